The first-order valence-corrected chi connectivity index (χ1v) is 7.62. The molecule has 1 heterocycles. The Morgan fingerprint density at radius 3 is 2.65 bits per heavy atom. The van der Waals surface area contributed by atoms with E-state index in [1.807, 2.05) is 30.3 Å². The van der Waals surface area contributed by atoms with Crippen LogP contribution in [0.5, 0.6) is 11.5 Å². The highest BCUT2D eigenvalue weighted by molar-refractivity contribution is 6.30. The van der Waals surface area contributed by atoms with Gasteiger partial charge in [0.2, 0.25) is 5.78 Å². The van der Waals surface area contributed by atoms with Crippen LogP contribution in [0.25, 0.3) is 11.0 Å². The minimum atomic E-state index is -0.268. The van der Waals surface area contributed by atoms with Gasteiger partial charge in [-0.3, -0.25) is 4.79 Å². The molecule has 0 bridgehead atoms. The van der Waals surface area contributed by atoms with Crippen LogP contribution >= 0.6 is 11.6 Å². The number of rotatable bonds is 6. The molecule has 4 nitrogen and oxygen atoms in total. The van der Waals surface area contributed by atoms with Crippen LogP contribution in [0.1, 0.15) is 16.1 Å². The molecule has 3 rings (SSSR count). The van der Waals surface area contributed by atoms with Crippen molar-refractivity contribution in [2.24, 2.45) is 0 Å². The second-order valence-electron chi connectivity index (χ2n) is 4.98. The van der Waals surface area contributed by atoms with Crippen molar-refractivity contribution in [2.45, 2.75) is 6.61 Å². The molecule has 3 aromatic rings. The van der Waals surface area contributed by atoms with Gasteiger partial charge in [0.25, 0.3) is 0 Å². The standard InChI is InChI=1S/C18H15ClO4/c1-21-13-7-16(22-11-12-5-3-2-4-6-12)14-9-18(15(20)10-19)23-17(14)8-13/h2-9H,10-11H2,1H3. The van der Waals surface area contributed by atoms with Gasteiger partial charge >= 0.3 is 0 Å². The molecule has 23 heavy (non-hydrogen) atoms. The molecular formula is C18H15ClO4. The Bertz CT molecular complexity index is 824. The van der Waals surface area contributed by atoms with Crippen molar-refractivity contribution in [2.75, 3.05) is 13.0 Å². The quantitative estimate of drug-likeness (QED) is 0.495. The summed E-state index contributed by atoms with van der Waals surface area (Å²) in [7, 11) is 1.57. The molecule has 118 valence electrons. The van der Waals surface area contributed by atoms with Crippen LogP contribution in [-0.2, 0) is 6.61 Å². The highest BCUT2D eigenvalue weighted by atomic mass is 35.5. The Balaban J connectivity index is 1.96. The number of halogens is 1. The molecule has 0 amide bonds. The van der Waals surface area contributed by atoms with E-state index in [-0.39, 0.29) is 17.4 Å². The van der Waals surface area contributed by atoms with Crippen molar-refractivity contribution in [3.63, 3.8) is 0 Å². The zero-order chi connectivity index (χ0) is 16.2. The van der Waals surface area contributed by atoms with Crippen LogP contribution in [0.3, 0.4) is 0 Å². The fourth-order valence-corrected chi connectivity index (χ4v) is 2.39. The minimum Gasteiger partial charge on any atom is -0.496 e. The lowest BCUT2D eigenvalue weighted by Crippen LogP contribution is -1.97. The van der Waals surface area contributed by atoms with Crippen LogP contribution < -0.4 is 9.47 Å². The normalized spacial score (nSPS) is 10.7. The van der Waals surface area contributed by atoms with Crippen molar-refractivity contribution in [1.82, 2.24) is 0 Å². The number of ether oxygens (including phenoxy) is 2. The lowest BCUT2D eigenvalue weighted by atomic mass is 10.2. The molecule has 0 atom stereocenters. The van der Waals surface area contributed by atoms with E-state index in [4.69, 9.17) is 25.5 Å². The van der Waals surface area contributed by atoms with Gasteiger partial charge in [0.1, 0.15) is 23.7 Å². The number of alkyl halides is 1. The number of methoxy groups -OCH3 is 1. The summed E-state index contributed by atoms with van der Waals surface area (Å²) in [5.74, 6) is 1.01. The van der Waals surface area contributed by atoms with E-state index >= 15 is 0 Å². The summed E-state index contributed by atoms with van der Waals surface area (Å²) in [6.45, 7) is 0.410. The van der Waals surface area contributed by atoms with Gasteiger partial charge in [-0.15, -0.1) is 11.6 Å². The first-order chi connectivity index (χ1) is 11.2. The second-order valence-corrected chi connectivity index (χ2v) is 5.25. The average molecular weight is 331 g/mol. The maximum absolute atomic E-state index is 11.7. The van der Waals surface area contributed by atoms with Gasteiger partial charge in [-0.2, -0.15) is 0 Å². The number of benzene rings is 2. The Kier molecular flexibility index (Phi) is 4.53. The van der Waals surface area contributed by atoms with Gasteiger partial charge in [-0.05, 0) is 11.6 Å². The molecule has 1 aromatic heterocycles. The van der Waals surface area contributed by atoms with E-state index < -0.39 is 0 Å². The molecule has 2 aromatic carbocycles. The molecule has 0 aliphatic carbocycles. The second kappa shape index (κ2) is 6.75. The third-order valence-corrected chi connectivity index (χ3v) is 3.68. The SMILES string of the molecule is COc1cc(OCc2ccccc2)c2cc(C(=O)CCl)oc2c1. The maximum atomic E-state index is 11.7. The van der Waals surface area contributed by atoms with Crippen molar-refractivity contribution in [3.05, 3.63) is 59.9 Å². The van der Waals surface area contributed by atoms with Gasteiger partial charge in [0, 0.05) is 12.1 Å². The summed E-state index contributed by atoms with van der Waals surface area (Å²) in [5, 5.41) is 0.718. The number of hydrogen-bond acceptors (Lipinski definition) is 4. The van der Waals surface area contributed by atoms with E-state index in [2.05, 4.69) is 0 Å². The number of fused-ring (bicyclic) bond motifs is 1. The number of Topliss-reactive ketones (excluding diaryl/α,β-unsaturated/α-hetero) is 1. The summed E-state index contributed by atoms with van der Waals surface area (Å²) < 4.78 is 16.7. The van der Waals surface area contributed by atoms with E-state index in [1.54, 1.807) is 25.3 Å². The van der Waals surface area contributed by atoms with Crippen molar-refractivity contribution >= 4 is 28.4 Å². The van der Waals surface area contributed by atoms with Crippen LogP contribution in [0.15, 0.2) is 52.9 Å². The third kappa shape index (κ3) is 3.32. The van der Waals surface area contributed by atoms with E-state index in [9.17, 15) is 4.79 Å². The van der Waals surface area contributed by atoms with Gasteiger partial charge in [0.05, 0.1) is 18.4 Å². The summed E-state index contributed by atoms with van der Waals surface area (Å²) >= 11 is 5.59. The summed E-state index contributed by atoms with van der Waals surface area (Å²) in [5.41, 5.74) is 1.57. The number of hydrogen-bond donors (Lipinski definition) is 0. The molecule has 0 saturated carbocycles. The number of carbonyl (C=O) groups is 1. The Labute approximate surface area is 138 Å². The van der Waals surface area contributed by atoms with Crippen LogP contribution in [0.4, 0.5) is 0 Å². The van der Waals surface area contributed by atoms with Crippen molar-refractivity contribution < 1.29 is 18.7 Å². The largest absolute Gasteiger partial charge is 0.496 e. The predicted octanol–water partition coefficient (Wildman–Crippen LogP) is 4.44. The zero-order valence-corrected chi connectivity index (χ0v) is 13.3. The number of carbonyl (C=O) groups excluding carboxylic acids is 1. The van der Waals surface area contributed by atoms with Gasteiger partial charge in [-0.1, -0.05) is 30.3 Å². The topological polar surface area (TPSA) is 48.7 Å². The van der Waals surface area contributed by atoms with Crippen molar-refractivity contribution in [3.8, 4) is 11.5 Å². The van der Waals surface area contributed by atoms with E-state index in [1.165, 1.54) is 0 Å². The third-order valence-electron chi connectivity index (χ3n) is 3.44. The summed E-state index contributed by atoms with van der Waals surface area (Å²) in [4.78, 5) is 11.7. The zero-order valence-electron chi connectivity index (χ0n) is 12.5. The number of furan rings is 1. The smallest absolute Gasteiger partial charge is 0.212 e. The first-order valence-electron chi connectivity index (χ1n) is 7.08. The molecule has 0 spiro atoms. The Morgan fingerprint density at radius 1 is 1.17 bits per heavy atom. The van der Waals surface area contributed by atoms with Gasteiger partial charge in [-0.25, -0.2) is 0 Å². The van der Waals surface area contributed by atoms with Crippen molar-refractivity contribution in [1.29, 1.82) is 0 Å². The van der Waals surface area contributed by atoms with Gasteiger partial charge < -0.3 is 13.9 Å². The van der Waals surface area contributed by atoms with E-state index in [0.717, 1.165) is 10.9 Å². The summed E-state index contributed by atoms with van der Waals surface area (Å²) in [6.07, 6.45) is 0. The lowest BCUT2D eigenvalue weighted by Gasteiger charge is -2.09. The predicted molar refractivity (Wildman–Crippen MR) is 88.6 cm³/mol. The maximum Gasteiger partial charge on any atom is 0.212 e. The molecular weight excluding hydrogens is 316 g/mol. The lowest BCUT2D eigenvalue weighted by molar-refractivity contribution is 0.0992. The molecule has 0 radical (unpaired) electrons. The Morgan fingerprint density at radius 2 is 1.96 bits per heavy atom. The molecule has 0 saturated heterocycles. The fraction of sp³-hybridized carbons (Fsp3) is 0.167. The summed E-state index contributed by atoms with van der Waals surface area (Å²) in [6, 6.07) is 15.0. The first kappa shape index (κ1) is 15.4. The fourth-order valence-electron chi connectivity index (χ4n) is 2.26. The Hall–Kier alpha value is -2.46. The molecule has 0 aliphatic heterocycles. The molecule has 0 unspecified atom stereocenters. The van der Waals surface area contributed by atoms with Crippen LogP contribution in [-0.4, -0.2) is 18.8 Å². The number of ketones is 1. The van der Waals surface area contributed by atoms with Crippen LogP contribution in [0, 0.1) is 0 Å². The molecule has 0 fully saturated rings. The molecule has 0 N–H and O–H groups in total. The minimum absolute atomic E-state index is 0.128. The molecule has 5 heteroatoms. The van der Waals surface area contributed by atoms with Gasteiger partial charge in [0.15, 0.2) is 5.76 Å². The average Bonchev–Trinajstić information content (AvgIpc) is 3.03. The molecule has 0 aliphatic rings. The van der Waals surface area contributed by atoms with E-state index in [0.29, 0.717) is 23.7 Å². The highest BCUT2D eigenvalue weighted by Gasteiger charge is 2.16. The highest BCUT2D eigenvalue weighted by Crippen LogP contribution is 2.34. The monoisotopic (exact) mass is 330 g/mol. The van der Waals surface area contributed by atoms with Crippen LogP contribution in [0.2, 0.25) is 0 Å².